The highest BCUT2D eigenvalue weighted by Crippen LogP contribution is 2.25. The number of thioether (sulfide) groups is 1. The van der Waals surface area contributed by atoms with Gasteiger partial charge in [0.25, 0.3) is 0 Å². The number of carbonyl (C=O) groups is 1. The van der Waals surface area contributed by atoms with E-state index in [9.17, 15) is 13.2 Å². The first-order valence-electron chi connectivity index (χ1n) is 9.16. The number of sulfonamides is 1. The Kier molecular flexibility index (Phi) is 5.98. The minimum atomic E-state index is -3.77. The van der Waals surface area contributed by atoms with Crippen LogP contribution in [0.5, 0.6) is 0 Å². The van der Waals surface area contributed by atoms with Crippen LogP contribution in [-0.4, -0.2) is 39.8 Å². The van der Waals surface area contributed by atoms with Crippen LogP contribution in [0.2, 0.25) is 0 Å². The number of primary sulfonamides is 1. The first-order valence-corrected chi connectivity index (χ1v) is 11.7. The summed E-state index contributed by atoms with van der Waals surface area (Å²) in [6.45, 7) is 0.584. The summed E-state index contributed by atoms with van der Waals surface area (Å²) in [5.74, 6) is -0.135. The summed E-state index contributed by atoms with van der Waals surface area (Å²) in [4.78, 5) is 20.9. The monoisotopic (exact) mass is 454 g/mol. The molecular formula is C20H18N6O3S2. The predicted octanol–water partition coefficient (Wildman–Crippen LogP) is 2.25. The molecule has 0 radical (unpaired) electrons. The molecular weight excluding hydrogens is 436 g/mol. The maximum atomic E-state index is 12.3. The third-order valence-electron chi connectivity index (χ3n) is 4.38. The quantitative estimate of drug-likeness (QED) is 0.323. The molecule has 11 heteroatoms. The normalized spacial score (nSPS) is 11.5. The minimum absolute atomic E-state index is 0.0178. The number of anilines is 1. The van der Waals surface area contributed by atoms with Gasteiger partial charge in [0.05, 0.1) is 28.8 Å². The Bertz CT molecular complexity index is 1320. The van der Waals surface area contributed by atoms with Crippen molar-refractivity contribution < 1.29 is 13.2 Å². The lowest BCUT2D eigenvalue weighted by Gasteiger charge is -2.06. The molecule has 4 rings (SSSR count). The van der Waals surface area contributed by atoms with Crippen LogP contribution in [0.15, 0.2) is 77.0 Å². The van der Waals surface area contributed by atoms with Crippen molar-refractivity contribution in [2.75, 3.05) is 11.1 Å². The number of aromatic nitrogens is 4. The number of nitrogens with two attached hydrogens (primary N) is 1. The fraction of sp³-hybridized carbons (Fsp3) is 0.100. The van der Waals surface area contributed by atoms with Crippen molar-refractivity contribution in [1.82, 2.24) is 19.7 Å². The molecule has 0 saturated heterocycles. The molecule has 9 nitrogen and oxygen atoms in total. The van der Waals surface area contributed by atoms with Gasteiger partial charge in [0.15, 0.2) is 5.65 Å². The molecule has 0 bridgehead atoms. The standard InChI is InChI=1S/C20H18N6O3S2/c21-31(28,29)16-8-6-15(7-9-16)25-18(27)12-30-20-17-10-24-26(19(17)22-13-23-20)11-14-4-2-1-3-5-14/h1-10,13H,11-12H2,(H,25,27)(H2,21,28,29). The Morgan fingerprint density at radius 1 is 1.06 bits per heavy atom. The topological polar surface area (TPSA) is 133 Å². The van der Waals surface area contributed by atoms with Crippen molar-refractivity contribution in [2.45, 2.75) is 16.5 Å². The van der Waals surface area contributed by atoms with E-state index in [2.05, 4.69) is 20.4 Å². The zero-order valence-corrected chi connectivity index (χ0v) is 17.8. The summed E-state index contributed by atoms with van der Waals surface area (Å²) in [6.07, 6.45) is 3.15. The minimum Gasteiger partial charge on any atom is -0.325 e. The number of nitrogens with zero attached hydrogens (tertiary/aromatic N) is 4. The van der Waals surface area contributed by atoms with E-state index in [1.807, 2.05) is 30.3 Å². The van der Waals surface area contributed by atoms with Gasteiger partial charge in [-0.2, -0.15) is 5.10 Å². The van der Waals surface area contributed by atoms with E-state index in [1.165, 1.54) is 42.4 Å². The van der Waals surface area contributed by atoms with Gasteiger partial charge in [-0.3, -0.25) is 4.79 Å². The van der Waals surface area contributed by atoms with Crippen LogP contribution < -0.4 is 10.5 Å². The maximum Gasteiger partial charge on any atom is 0.238 e. The molecule has 0 unspecified atom stereocenters. The van der Waals surface area contributed by atoms with E-state index in [0.717, 1.165) is 10.9 Å². The van der Waals surface area contributed by atoms with Gasteiger partial charge in [-0.05, 0) is 29.8 Å². The molecule has 3 N–H and O–H groups in total. The Labute approximate surface area is 182 Å². The number of benzene rings is 2. The van der Waals surface area contributed by atoms with Crippen molar-refractivity contribution in [3.05, 3.63) is 72.7 Å². The number of nitrogens with one attached hydrogen (secondary N) is 1. The molecule has 0 fully saturated rings. The van der Waals surface area contributed by atoms with Crippen molar-refractivity contribution in [3.63, 3.8) is 0 Å². The first kappa shape index (κ1) is 21.0. The lowest BCUT2D eigenvalue weighted by atomic mass is 10.2. The van der Waals surface area contributed by atoms with E-state index in [4.69, 9.17) is 5.14 Å². The van der Waals surface area contributed by atoms with Crippen LogP contribution >= 0.6 is 11.8 Å². The molecule has 2 aromatic heterocycles. The number of fused-ring (bicyclic) bond motifs is 1. The molecule has 0 aliphatic heterocycles. The molecule has 0 spiro atoms. The Balaban J connectivity index is 1.42. The molecule has 4 aromatic rings. The van der Waals surface area contributed by atoms with E-state index in [0.29, 0.717) is 22.9 Å². The average Bonchev–Trinajstić information content (AvgIpc) is 3.16. The van der Waals surface area contributed by atoms with Gasteiger partial charge in [0.1, 0.15) is 11.4 Å². The second-order valence-electron chi connectivity index (χ2n) is 6.61. The zero-order valence-electron chi connectivity index (χ0n) is 16.2. The second-order valence-corrected chi connectivity index (χ2v) is 9.14. The van der Waals surface area contributed by atoms with Gasteiger partial charge < -0.3 is 5.32 Å². The summed E-state index contributed by atoms with van der Waals surface area (Å²) in [6, 6.07) is 15.6. The summed E-state index contributed by atoms with van der Waals surface area (Å²) < 4.78 is 24.4. The Morgan fingerprint density at radius 2 is 1.81 bits per heavy atom. The zero-order chi connectivity index (χ0) is 21.8. The molecule has 31 heavy (non-hydrogen) atoms. The number of carbonyl (C=O) groups excluding carboxylic acids is 1. The van der Waals surface area contributed by atoms with Crippen LogP contribution in [0.4, 0.5) is 5.69 Å². The van der Waals surface area contributed by atoms with E-state index >= 15 is 0 Å². The van der Waals surface area contributed by atoms with Crippen molar-refractivity contribution in [1.29, 1.82) is 0 Å². The van der Waals surface area contributed by atoms with E-state index < -0.39 is 10.0 Å². The van der Waals surface area contributed by atoms with E-state index in [1.54, 1.807) is 10.9 Å². The summed E-state index contributed by atoms with van der Waals surface area (Å²) in [5, 5.41) is 13.6. The number of hydrogen-bond acceptors (Lipinski definition) is 7. The lowest BCUT2D eigenvalue weighted by Crippen LogP contribution is -2.15. The van der Waals surface area contributed by atoms with Gasteiger partial charge >= 0.3 is 0 Å². The van der Waals surface area contributed by atoms with Crippen LogP contribution in [0.25, 0.3) is 11.0 Å². The smallest absolute Gasteiger partial charge is 0.238 e. The van der Waals surface area contributed by atoms with Gasteiger partial charge in [-0.15, -0.1) is 0 Å². The molecule has 2 heterocycles. The molecule has 0 saturated carbocycles. The third-order valence-corrected chi connectivity index (χ3v) is 6.31. The first-order chi connectivity index (χ1) is 14.9. The van der Waals surface area contributed by atoms with Gasteiger partial charge in [0, 0.05) is 5.69 Å². The predicted molar refractivity (Wildman–Crippen MR) is 118 cm³/mol. The van der Waals surface area contributed by atoms with Crippen molar-refractivity contribution >= 4 is 44.4 Å². The number of rotatable bonds is 7. The van der Waals surface area contributed by atoms with Crippen LogP contribution in [0.1, 0.15) is 5.56 Å². The Morgan fingerprint density at radius 3 is 2.52 bits per heavy atom. The van der Waals surface area contributed by atoms with Crippen molar-refractivity contribution in [2.24, 2.45) is 5.14 Å². The van der Waals surface area contributed by atoms with Gasteiger partial charge in [0.2, 0.25) is 15.9 Å². The number of hydrogen-bond donors (Lipinski definition) is 2. The molecule has 0 aliphatic rings. The molecule has 2 aromatic carbocycles. The molecule has 1 amide bonds. The lowest BCUT2D eigenvalue weighted by molar-refractivity contribution is -0.113. The number of amides is 1. The van der Waals surface area contributed by atoms with Crippen LogP contribution in [-0.2, 0) is 21.4 Å². The van der Waals surface area contributed by atoms with Gasteiger partial charge in [-0.1, -0.05) is 42.1 Å². The fourth-order valence-corrected chi connectivity index (χ4v) is 4.19. The molecule has 0 aliphatic carbocycles. The van der Waals surface area contributed by atoms with Crippen LogP contribution in [0, 0.1) is 0 Å². The second kappa shape index (κ2) is 8.84. The van der Waals surface area contributed by atoms with Crippen LogP contribution in [0.3, 0.4) is 0 Å². The Hall–Kier alpha value is -3.28. The fourth-order valence-electron chi connectivity index (χ4n) is 2.92. The highest BCUT2D eigenvalue weighted by molar-refractivity contribution is 8.00. The average molecular weight is 455 g/mol. The summed E-state index contributed by atoms with van der Waals surface area (Å²) >= 11 is 1.27. The molecule has 158 valence electrons. The molecule has 0 atom stereocenters. The van der Waals surface area contributed by atoms with E-state index in [-0.39, 0.29) is 16.6 Å². The van der Waals surface area contributed by atoms with Gasteiger partial charge in [-0.25, -0.2) is 28.2 Å². The highest BCUT2D eigenvalue weighted by atomic mass is 32.2. The summed E-state index contributed by atoms with van der Waals surface area (Å²) in [5.41, 5.74) is 2.27. The summed E-state index contributed by atoms with van der Waals surface area (Å²) in [7, 11) is -3.77. The maximum absolute atomic E-state index is 12.3. The third kappa shape index (κ3) is 5.08. The highest BCUT2D eigenvalue weighted by Gasteiger charge is 2.13. The largest absolute Gasteiger partial charge is 0.325 e. The SMILES string of the molecule is NS(=O)(=O)c1ccc(NC(=O)CSc2ncnc3c2cnn3Cc2ccccc2)cc1. The van der Waals surface area contributed by atoms with Crippen molar-refractivity contribution in [3.8, 4) is 0 Å².